The maximum absolute atomic E-state index is 15.9. The average molecular weight is 675 g/mol. The number of rotatable bonds is 2. The number of nitrogen functional groups attached to an aromatic ring is 2. The third-order valence-corrected chi connectivity index (χ3v) is 9.73. The molecular formula is C20H22FN10O10P2S-. The minimum Gasteiger partial charge on any atom is -0.780 e. The molecule has 6 N–H and O–H groups in total. The van der Waals surface area contributed by atoms with Crippen molar-refractivity contribution < 1.29 is 51.4 Å². The van der Waals surface area contributed by atoms with Crippen LogP contribution in [0.4, 0.5) is 16.0 Å². The topological polar surface area (TPSA) is 275 Å². The standard InChI is InChI=1S/C20H23FN10O10P2S/c21-9-13-8(39-19(9)30-5-28-10-15(22)24-3-26-17(10)30)2-37-43(35,44)41-14-12(32)7(1-36-42(33,34)40-13)38-20(14)31-6-29-11-16(23)25-4-27-18(11)31/h3-9,12-14,19-20,32H,1-2H2,(H,33,34)(H,35,44)(H2,22,24,26)(H2,23,25,27)/p-1/t7-,8-,9?,12?,13?,14?,19-,20-,43?/m1/s1. The van der Waals surface area contributed by atoms with E-state index < -0.39 is 76.9 Å². The Labute approximate surface area is 249 Å². The molecule has 3 aliphatic heterocycles. The maximum atomic E-state index is 15.9. The highest BCUT2D eigenvalue weighted by Crippen LogP contribution is 2.53. The molecule has 7 heterocycles. The Kier molecular flexibility index (Phi) is 7.39. The highest BCUT2D eigenvalue weighted by molar-refractivity contribution is 8.06. The van der Waals surface area contributed by atoms with Crippen molar-refractivity contribution in [2.45, 2.75) is 49.1 Å². The fourth-order valence-electron chi connectivity index (χ4n) is 5.18. The fraction of sp³-hybridized carbons (Fsp3) is 0.500. The van der Waals surface area contributed by atoms with Gasteiger partial charge in [0, 0.05) is 0 Å². The number of fused-ring (bicyclic) bond motifs is 5. The third kappa shape index (κ3) is 5.15. The van der Waals surface area contributed by atoms with Crippen LogP contribution in [0, 0.1) is 0 Å². The van der Waals surface area contributed by atoms with Gasteiger partial charge < -0.3 is 44.9 Å². The monoisotopic (exact) mass is 675 g/mol. The summed E-state index contributed by atoms with van der Waals surface area (Å²) < 4.78 is 64.4. The van der Waals surface area contributed by atoms with Gasteiger partial charge in [-0.25, -0.2) is 38.9 Å². The summed E-state index contributed by atoms with van der Waals surface area (Å²) in [6.45, 7) is -5.99. The lowest BCUT2D eigenvalue weighted by Crippen LogP contribution is -2.36. The molecule has 0 aliphatic carbocycles. The summed E-state index contributed by atoms with van der Waals surface area (Å²) in [5.74, 6) is 0.0799. The van der Waals surface area contributed by atoms with E-state index in [1.807, 2.05) is 0 Å². The molecule has 0 spiro atoms. The van der Waals surface area contributed by atoms with Gasteiger partial charge >= 0.3 is 7.82 Å². The number of phosphoric ester groups is 1. The number of nitrogens with zero attached hydrogens (tertiary/aromatic N) is 8. The molecule has 0 radical (unpaired) electrons. The average Bonchev–Trinajstić information content (AvgIpc) is 3.73. The lowest BCUT2D eigenvalue weighted by molar-refractivity contribution is -0.218. The molecule has 4 aromatic heterocycles. The second-order valence-corrected chi connectivity index (χ2v) is 14.0. The first-order chi connectivity index (χ1) is 20.9. The van der Waals surface area contributed by atoms with Crippen LogP contribution in [-0.4, -0.2) is 98.9 Å². The predicted octanol–water partition coefficient (Wildman–Crippen LogP) is -1.17. The van der Waals surface area contributed by atoms with Gasteiger partial charge in [0.1, 0.15) is 60.9 Å². The van der Waals surface area contributed by atoms with Gasteiger partial charge in [0.2, 0.25) is 0 Å². The number of phosphoric acid groups is 1. The number of alkyl halides is 1. The van der Waals surface area contributed by atoms with Gasteiger partial charge in [0.25, 0.3) is 0 Å². The predicted molar refractivity (Wildman–Crippen MR) is 144 cm³/mol. The number of ether oxygens (including phenoxy) is 2. The van der Waals surface area contributed by atoms with Crippen LogP contribution in [0.5, 0.6) is 0 Å². The molecule has 7 rings (SSSR count). The Morgan fingerprint density at radius 3 is 2.09 bits per heavy atom. The summed E-state index contributed by atoms with van der Waals surface area (Å²) in [6, 6.07) is 0. The largest absolute Gasteiger partial charge is 0.780 e. The van der Waals surface area contributed by atoms with E-state index in [9.17, 15) is 19.5 Å². The molecule has 24 heteroatoms. The quantitative estimate of drug-likeness (QED) is 0.182. The number of halogens is 1. The maximum Gasteiger partial charge on any atom is 0.472 e. The zero-order valence-corrected chi connectivity index (χ0v) is 24.5. The number of anilines is 2. The number of imidazole rings is 2. The highest BCUT2D eigenvalue weighted by atomic mass is 32.5. The molecule has 44 heavy (non-hydrogen) atoms. The first kappa shape index (κ1) is 29.8. The Morgan fingerprint density at radius 2 is 1.45 bits per heavy atom. The van der Waals surface area contributed by atoms with Gasteiger partial charge in [-0.3, -0.25) is 18.2 Å². The molecule has 3 fully saturated rings. The lowest BCUT2D eigenvalue weighted by atomic mass is 10.1. The molecule has 236 valence electrons. The molecule has 4 aromatic rings. The van der Waals surface area contributed by atoms with Crippen LogP contribution >= 0.6 is 14.5 Å². The number of nitrogens with two attached hydrogens (primary N) is 2. The van der Waals surface area contributed by atoms with Crippen LogP contribution in [0.25, 0.3) is 22.3 Å². The summed E-state index contributed by atoms with van der Waals surface area (Å²) in [6.07, 6.45) is -7.95. The van der Waals surface area contributed by atoms with Crippen molar-refractivity contribution in [3.63, 3.8) is 0 Å². The Hall–Kier alpha value is -2.85. The van der Waals surface area contributed by atoms with Gasteiger partial charge in [0.05, 0.1) is 25.9 Å². The van der Waals surface area contributed by atoms with Crippen molar-refractivity contribution in [2.24, 2.45) is 0 Å². The fourth-order valence-corrected chi connectivity index (χ4v) is 7.53. The van der Waals surface area contributed by atoms with E-state index in [0.717, 1.165) is 6.33 Å². The van der Waals surface area contributed by atoms with Crippen molar-refractivity contribution >= 4 is 60.3 Å². The highest BCUT2D eigenvalue weighted by Gasteiger charge is 2.53. The first-order valence-corrected chi connectivity index (χ1v) is 16.8. The smallest absolute Gasteiger partial charge is 0.472 e. The van der Waals surface area contributed by atoms with Crippen molar-refractivity contribution in [1.29, 1.82) is 0 Å². The molecule has 3 saturated heterocycles. The summed E-state index contributed by atoms with van der Waals surface area (Å²) in [5.41, 5.74) is 12.3. The van der Waals surface area contributed by atoms with Crippen LogP contribution in [0.2, 0.25) is 0 Å². The third-order valence-electron chi connectivity index (χ3n) is 7.21. The zero-order valence-electron chi connectivity index (χ0n) is 21.9. The van der Waals surface area contributed by atoms with Crippen LogP contribution in [-0.2, 0) is 43.9 Å². The van der Waals surface area contributed by atoms with E-state index in [4.69, 9.17) is 50.8 Å². The molecule has 0 saturated carbocycles. The Balaban J connectivity index is 1.20. The van der Waals surface area contributed by atoms with E-state index in [1.54, 1.807) is 0 Å². The SMILES string of the molecule is Nc1ncnc2c1ncn2[C@@H]1O[C@@H]2COP([O-])(=S)OC3C(O)[C@@H](COP(=O)(O)OC2C1F)O[C@H]3n1cnc2c(N)ncnc21. The van der Waals surface area contributed by atoms with Crippen molar-refractivity contribution in [3.05, 3.63) is 25.3 Å². The van der Waals surface area contributed by atoms with Crippen LogP contribution < -0.4 is 16.4 Å². The summed E-state index contributed by atoms with van der Waals surface area (Å²) >= 11 is 5.10. The number of aliphatic hydroxyl groups is 1. The van der Waals surface area contributed by atoms with Gasteiger partial charge in [-0.1, -0.05) is 11.8 Å². The number of aromatic nitrogens is 8. The number of hydrogen-bond acceptors (Lipinski definition) is 18. The summed E-state index contributed by atoms with van der Waals surface area (Å²) in [5, 5.41) is 11.0. The van der Waals surface area contributed by atoms with Crippen LogP contribution in [0.1, 0.15) is 12.5 Å². The molecule has 6 unspecified atom stereocenters. The van der Waals surface area contributed by atoms with Gasteiger partial charge in [0.15, 0.2) is 41.6 Å². The van der Waals surface area contributed by atoms with Crippen molar-refractivity contribution in [3.8, 4) is 0 Å². The molecular weight excluding hydrogens is 653 g/mol. The molecule has 0 amide bonds. The minimum atomic E-state index is -5.06. The summed E-state index contributed by atoms with van der Waals surface area (Å²) in [7, 11) is -5.06. The van der Waals surface area contributed by atoms with E-state index in [1.165, 1.54) is 28.1 Å². The second-order valence-electron chi connectivity index (χ2n) is 9.88. The van der Waals surface area contributed by atoms with E-state index in [0.29, 0.717) is 0 Å². The van der Waals surface area contributed by atoms with Crippen LogP contribution in [0.15, 0.2) is 25.3 Å². The Bertz CT molecular complexity index is 1830. The van der Waals surface area contributed by atoms with Crippen molar-refractivity contribution in [1.82, 2.24) is 39.0 Å². The number of aliphatic hydroxyl groups excluding tert-OH is 1. The van der Waals surface area contributed by atoms with Crippen LogP contribution in [0.3, 0.4) is 0 Å². The first-order valence-electron chi connectivity index (χ1n) is 12.7. The second kappa shape index (κ2) is 10.9. The molecule has 0 aromatic carbocycles. The molecule has 20 nitrogen and oxygen atoms in total. The lowest BCUT2D eigenvalue weighted by Gasteiger charge is -2.34. The molecule has 2 bridgehead atoms. The molecule has 3 aliphatic rings. The van der Waals surface area contributed by atoms with Gasteiger partial charge in [-0.05, 0) is 0 Å². The molecule has 10 atom stereocenters. The van der Waals surface area contributed by atoms with E-state index in [2.05, 4.69) is 29.9 Å². The normalized spacial score (nSPS) is 38.3. The summed E-state index contributed by atoms with van der Waals surface area (Å²) in [4.78, 5) is 48.1. The van der Waals surface area contributed by atoms with Gasteiger partial charge in [-0.15, -0.1) is 0 Å². The van der Waals surface area contributed by atoms with E-state index in [-0.39, 0.29) is 34.0 Å². The zero-order chi connectivity index (χ0) is 31.0. The minimum absolute atomic E-state index is 0.0266. The van der Waals surface area contributed by atoms with Gasteiger partial charge in [-0.2, -0.15) is 0 Å². The Morgan fingerprint density at radius 1 is 0.886 bits per heavy atom. The number of hydrogen-bond donors (Lipinski definition) is 4. The van der Waals surface area contributed by atoms with E-state index >= 15 is 4.39 Å². The van der Waals surface area contributed by atoms with Crippen molar-refractivity contribution in [2.75, 3.05) is 24.7 Å².